The Hall–Kier alpha value is -2.61. The Morgan fingerprint density at radius 2 is 1.96 bits per heavy atom. The lowest BCUT2D eigenvalue weighted by molar-refractivity contribution is -0.148. The van der Waals surface area contributed by atoms with Gasteiger partial charge in [0.25, 0.3) is 5.91 Å². The number of aryl methyl sites for hydroxylation is 1. The van der Waals surface area contributed by atoms with Crippen LogP contribution in [0.25, 0.3) is 0 Å². The molecule has 140 valence electrons. The van der Waals surface area contributed by atoms with E-state index in [4.69, 9.17) is 9.47 Å². The van der Waals surface area contributed by atoms with E-state index in [1.54, 1.807) is 19.4 Å². The van der Waals surface area contributed by atoms with Crippen LogP contribution in [0, 0.1) is 6.92 Å². The van der Waals surface area contributed by atoms with Crippen LogP contribution in [0.1, 0.15) is 17.7 Å². The quantitative estimate of drug-likeness (QED) is 0.669. The van der Waals surface area contributed by atoms with E-state index < -0.39 is 5.97 Å². The van der Waals surface area contributed by atoms with Gasteiger partial charge in [0.2, 0.25) is 0 Å². The number of benzene rings is 1. The molecule has 0 fully saturated rings. The number of carbonyl (C=O) groups excluding carboxylic acids is 2. The number of hydrogen-bond donors (Lipinski definition) is 1. The molecule has 8 heteroatoms. The third-order valence-corrected chi connectivity index (χ3v) is 4.66. The van der Waals surface area contributed by atoms with E-state index in [0.29, 0.717) is 13.0 Å². The van der Waals surface area contributed by atoms with Crippen LogP contribution >= 0.6 is 11.3 Å². The number of rotatable bonds is 9. The number of amides is 1. The van der Waals surface area contributed by atoms with Gasteiger partial charge in [-0.2, -0.15) is 0 Å². The molecule has 1 aromatic heterocycles. The van der Waals surface area contributed by atoms with Crippen molar-refractivity contribution in [3.05, 3.63) is 50.6 Å². The Morgan fingerprint density at radius 1 is 1.23 bits per heavy atom. The zero-order valence-corrected chi connectivity index (χ0v) is 15.6. The molecule has 1 aromatic carbocycles. The summed E-state index contributed by atoms with van der Waals surface area (Å²) in [7, 11) is 1.61. The van der Waals surface area contributed by atoms with E-state index >= 15 is 0 Å². The van der Waals surface area contributed by atoms with E-state index in [-0.39, 0.29) is 30.4 Å². The highest BCUT2D eigenvalue weighted by Gasteiger charge is 2.10. The molecule has 0 bridgehead atoms. The minimum Gasteiger partial charge on any atom is -0.497 e. The van der Waals surface area contributed by atoms with Crippen LogP contribution in [0.3, 0.4) is 0 Å². The molecule has 1 heterocycles. The summed E-state index contributed by atoms with van der Waals surface area (Å²) in [4.78, 5) is 34.9. The highest BCUT2D eigenvalue weighted by Crippen LogP contribution is 2.11. The molecule has 0 aliphatic rings. The second kappa shape index (κ2) is 9.76. The molecule has 1 N–H and O–H groups in total. The average Bonchev–Trinajstić information content (AvgIpc) is 2.96. The second-order valence-electron chi connectivity index (χ2n) is 5.65. The molecule has 0 atom stereocenters. The summed E-state index contributed by atoms with van der Waals surface area (Å²) in [5.41, 5.74) is 1.88. The van der Waals surface area contributed by atoms with Crippen LogP contribution in [-0.2, 0) is 27.3 Å². The van der Waals surface area contributed by atoms with Gasteiger partial charge in [-0.1, -0.05) is 23.5 Å². The summed E-state index contributed by atoms with van der Waals surface area (Å²) in [5, 5.41) is 4.44. The second-order valence-corrected chi connectivity index (χ2v) is 6.47. The van der Waals surface area contributed by atoms with Gasteiger partial charge in [-0.05, 0) is 31.0 Å². The molecule has 0 spiro atoms. The average molecular weight is 378 g/mol. The summed E-state index contributed by atoms with van der Waals surface area (Å²) in [6.45, 7) is 2.19. The van der Waals surface area contributed by atoms with Crippen molar-refractivity contribution in [3.63, 3.8) is 0 Å². The monoisotopic (exact) mass is 378 g/mol. The number of esters is 1. The maximum Gasteiger partial charge on any atom is 0.308 e. The Balaban J connectivity index is 1.63. The van der Waals surface area contributed by atoms with Gasteiger partial charge >= 0.3 is 10.8 Å². The lowest BCUT2D eigenvalue weighted by atomic mass is 10.1. The summed E-state index contributed by atoms with van der Waals surface area (Å²) in [6.07, 6.45) is 0.723. The number of ether oxygens (including phenoxy) is 2. The number of thiazole rings is 1. The van der Waals surface area contributed by atoms with Gasteiger partial charge in [0, 0.05) is 24.2 Å². The Labute approximate surface area is 155 Å². The molecular weight excluding hydrogens is 356 g/mol. The molecule has 0 saturated carbocycles. The van der Waals surface area contributed by atoms with Crippen molar-refractivity contribution in [1.82, 2.24) is 9.88 Å². The van der Waals surface area contributed by atoms with Crippen molar-refractivity contribution >= 4 is 23.2 Å². The summed E-state index contributed by atoms with van der Waals surface area (Å²) < 4.78 is 11.5. The maximum absolute atomic E-state index is 11.7. The first-order chi connectivity index (χ1) is 12.5. The number of carbonyl (C=O) groups is 2. The van der Waals surface area contributed by atoms with Gasteiger partial charge in [-0.15, -0.1) is 0 Å². The minimum atomic E-state index is -0.507. The topological polar surface area (TPSA) is 86.6 Å². The van der Waals surface area contributed by atoms with Crippen LogP contribution in [0.5, 0.6) is 5.75 Å². The Kier molecular flexibility index (Phi) is 7.40. The van der Waals surface area contributed by atoms with Crippen LogP contribution in [0.15, 0.2) is 34.4 Å². The fourth-order valence-electron chi connectivity index (χ4n) is 2.29. The molecule has 2 aromatic rings. The van der Waals surface area contributed by atoms with Crippen LogP contribution in [-0.4, -0.2) is 36.7 Å². The number of aromatic nitrogens is 1. The van der Waals surface area contributed by atoms with E-state index in [0.717, 1.165) is 28.3 Å². The first-order valence-electron chi connectivity index (χ1n) is 8.20. The molecule has 0 aliphatic carbocycles. The zero-order chi connectivity index (χ0) is 18.9. The van der Waals surface area contributed by atoms with Crippen molar-refractivity contribution in [2.45, 2.75) is 26.3 Å². The molecule has 7 nitrogen and oxygen atoms in total. The molecule has 26 heavy (non-hydrogen) atoms. The maximum atomic E-state index is 11.7. The standard InChI is InChI=1S/C18H22N2O5S/c1-13-12-26-18(23)20(13)10-8-17(22)25-11-16(21)19-9-7-14-3-5-15(24-2)6-4-14/h3-6,12H,7-11H2,1-2H3,(H,19,21). The largest absolute Gasteiger partial charge is 0.497 e. The fraction of sp³-hybridized carbons (Fsp3) is 0.389. The normalized spacial score (nSPS) is 10.4. The summed E-state index contributed by atoms with van der Waals surface area (Å²) in [6, 6.07) is 7.58. The van der Waals surface area contributed by atoms with Gasteiger partial charge in [0.05, 0.1) is 13.5 Å². The highest BCUT2D eigenvalue weighted by molar-refractivity contribution is 7.07. The Morgan fingerprint density at radius 3 is 2.58 bits per heavy atom. The van der Waals surface area contributed by atoms with Crippen molar-refractivity contribution < 1.29 is 19.1 Å². The number of methoxy groups -OCH3 is 1. The van der Waals surface area contributed by atoms with Crippen molar-refractivity contribution in [2.75, 3.05) is 20.3 Å². The van der Waals surface area contributed by atoms with E-state index in [9.17, 15) is 14.4 Å². The molecular formula is C18H22N2O5S. The lowest BCUT2D eigenvalue weighted by Gasteiger charge is -2.08. The van der Waals surface area contributed by atoms with Gasteiger partial charge < -0.3 is 19.4 Å². The number of nitrogens with one attached hydrogen (secondary N) is 1. The molecule has 0 aliphatic heterocycles. The van der Waals surface area contributed by atoms with Gasteiger partial charge in [-0.25, -0.2) is 0 Å². The fourth-order valence-corrected chi connectivity index (χ4v) is 3.05. The summed E-state index contributed by atoms with van der Waals surface area (Å²) >= 11 is 1.09. The number of hydrogen-bond acceptors (Lipinski definition) is 6. The molecule has 0 unspecified atom stereocenters. The van der Waals surface area contributed by atoms with Gasteiger partial charge in [0.15, 0.2) is 6.61 Å². The molecule has 2 rings (SSSR count). The molecule has 0 saturated heterocycles. The first kappa shape index (κ1) is 19.7. The lowest BCUT2D eigenvalue weighted by Crippen LogP contribution is -2.30. The van der Waals surface area contributed by atoms with E-state index in [2.05, 4.69) is 5.32 Å². The minimum absolute atomic E-state index is 0.0522. The van der Waals surface area contributed by atoms with Crippen LogP contribution in [0.4, 0.5) is 0 Å². The third-order valence-electron chi connectivity index (χ3n) is 3.78. The van der Waals surface area contributed by atoms with Crippen LogP contribution < -0.4 is 14.9 Å². The summed E-state index contributed by atoms with van der Waals surface area (Å²) in [5.74, 6) is -0.0758. The zero-order valence-electron chi connectivity index (χ0n) is 14.8. The van der Waals surface area contributed by atoms with Crippen LogP contribution in [0.2, 0.25) is 0 Å². The Bertz CT molecular complexity index is 795. The third kappa shape index (κ3) is 6.03. The highest BCUT2D eigenvalue weighted by atomic mass is 32.1. The molecule has 0 radical (unpaired) electrons. The van der Waals surface area contributed by atoms with Crippen molar-refractivity contribution in [2.24, 2.45) is 0 Å². The predicted molar refractivity (Wildman–Crippen MR) is 98.6 cm³/mol. The molecule has 1 amide bonds. The van der Waals surface area contributed by atoms with Crippen molar-refractivity contribution in [3.8, 4) is 5.75 Å². The van der Waals surface area contributed by atoms with E-state index in [1.165, 1.54) is 4.57 Å². The van der Waals surface area contributed by atoms with Gasteiger partial charge in [-0.3, -0.25) is 14.4 Å². The van der Waals surface area contributed by atoms with E-state index in [1.807, 2.05) is 24.3 Å². The van der Waals surface area contributed by atoms with Gasteiger partial charge in [0.1, 0.15) is 5.75 Å². The van der Waals surface area contributed by atoms with Crippen molar-refractivity contribution in [1.29, 1.82) is 0 Å². The first-order valence-corrected chi connectivity index (χ1v) is 9.07. The smallest absolute Gasteiger partial charge is 0.308 e. The number of nitrogens with zero attached hydrogens (tertiary/aromatic N) is 1. The predicted octanol–water partition coefficient (Wildman–Crippen LogP) is 1.52. The SMILES string of the molecule is COc1ccc(CCNC(=O)COC(=O)CCn2c(C)csc2=O)cc1.